The molecule has 1 atom stereocenters. The van der Waals surface area contributed by atoms with Crippen molar-refractivity contribution < 1.29 is 19.0 Å². The lowest BCUT2D eigenvalue weighted by Crippen LogP contribution is -2.33. The molecular weight excluding hydrogens is 464 g/mol. The molecule has 0 spiro atoms. The molecule has 8 heteroatoms. The molecule has 2 N–H and O–H groups in total. The summed E-state index contributed by atoms with van der Waals surface area (Å²) in [6.45, 7) is 1.62. The summed E-state index contributed by atoms with van der Waals surface area (Å²) >= 11 is 18.7. The van der Waals surface area contributed by atoms with Gasteiger partial charge in [-0.3, -0.25) is 4.79 Å². The van der Waals surface area contributed by atoms with E-state index in [0.717, 1.165) is 5.56 Å². The second-order valence-electron chi connectivity index (χ2n) is 6.90. The SMILES string of the molecule is CNC(=O)[C@H](C)Oc1cc(Cl)c(Cc2ccc(O)c(-c3ccc(F)c(Cl)c3)c2)c(Cl)c1. The van der Waals surface area contributed by atoms with E-state index in [9.17, 15) is 14.3 Å². The van der Waals surface area contributed by atoms with Crippen LogP contribution in [0.4, 0.5) is 4.39 Å². The van der Waals surface area contributed by atoms with Crippen molar-refractivity contribution in [3.63, 3.8) is 0 Å². The quantitative estimate of drug-likeness (QED) is 0.436. The molecule has 4 nitrogen and oxygen atoms in total. The van der Waals surface area contributed by atoms with E-state index in [0.29, 0.717) is 38.9 Å². The normalized spacial score (nSPS) is 11.8. The number of phenols is 1. The van der Waals surface area contributed by atoms with Crippen LogP contribution in [0.5, 0.6) is 11.5 Å². The van der Waals surface area contributed by atoms with Gasteiger partial charge in [-0.05, 0) is 60.0 Å². The molecule has 0 fully saturated rings. The number of likely N-dealkylation sites (N-methyl/N-ethyl adjacent to an activating group) is 1. The minimum Gasteiger partial charge on any atom is -0.507 e. The van der Waals surface area contributed by atoms with Gasteiger partial charge in [-0.1, -0.05) is 46.9 Å². The van der Waals surface area contributed by atoms with Crippen molar-refractivity contribution in [2.45, 2.75) is 19.4 Å². The summed E-state index contributed by atoms with van der Waals surface area (Å²) in [5, 5.41) is 13.5. The number of hydrogen-bond acceptors (Lipinski definition) is 3. The Bertz CT molecular complexity index is 1110. The number of rotatable bonds is 6. The van der Waals surface area contributed by atoms with Crippen LogP contribution in [0, 0.1) is 5.82 Å². The molecule has 0 aliphatic carbocycles. The molecule has 0 aliphatic heterocycles. The third kappa shape index (κ3) is 5.42. The predicted molar refractivity (Wildman–Crippen MR) is 122 cm³/mol. The number of halogens is 4. The summed E-state index contributed by atoms with van der Waals surface area (Å²) < 4.78 is 19.1. The van der Waals surface area contributed by atoms with Gasteiger partial charge in [-0.2, -0.15) is 0 Å². The summed E-state index contributed by atoms with van der Waals surface area (Å²) in [6.07, 6.45) is -0.323. The van der Waals surface area contributed by atoms with Gasteiger partial charge in [0.15, 0.2) is 6.10 Å². The number of benzene rings is 3. The van der Waals surface area contributed by atoms with E-state index < -0.39 is 11.9 Å². The molecule has 0 unspecified atom stereocenters. The van der Waals surface area contributed by atoms with Crippen molar-refractivity contribution in [2.75, 3.05) is 7.05 Å². The fourth-order valence-electron chi connectivity index (χ4n) is 3.07. The number of hydrogen-bond donors (Lipinski definition) is 2. The van der Waals surface area contributed by atoms with Crippen molar-refractivity contribution in [3.05, 3.63) is 80.5 Å². The van der Waals surface area contributed by atoms with Gasteiger partial charge >= 0.3 is 0 Å². The summed E-state index contributed by atoms with van der Waals surface area (Å²) in [4.78, 5) is 11.7. The first-order chi connectivity index (χ1) is 14.7. The number of carbonyl (C=O) groups excluding carboxylic acids is 1. The third-order valence-corrected chi connectivity index (χ3v) is 5.68. The molecule has 3 aromatic rings. The summed E-state index contributed by atoms with van der Waals surface area (Å²) in [5.41, 5.74) is 2.57. The lowest BCUT2D eigenvalue weighted by molar-refractivity contribution is -0.126. The first-order valence-electron chi connectivity index (χ1n) is 9.33. The maximum Gasteiger partial charge on any atom is 0.260 e. The maximum atomic E-state index is 13.5. The van der Waals surface area contributed by atoms with E-state index in [1.54, 1.807) is 43.3 Å². The van der Waals surface area contributed by atoms with E-state index in [1.807, 2.05) is 0 Å². The maximum absolute atomic E-state index is 13.5. The third-order valence-electron chi connectivity index (χ3n) is 4.72. The Hall–Kier alpha value is -2.47. The summed E-state index contributed by atoms with van der Waals surface area (Å²) in [7, 11) is 1.52. The molecule has 0 saturated carbocycles. The zero-order valence-corrected chi connectivity index (χ0v) is 18.9. The Morgan fingerprint density at radius 3 is 2.35 bits per heavy atom. The van der Waals surface area contributed by atoms with E-state index in [1.165, 1.54) is 19.2 Å². The number of phenolic OH excluding ortho intramolecular Hbond substituents is 1. The van der Waals surface area contributed by atoms with Gasteiger partial charge in [0.1, 0.15) is 17.3 Å². The van der Waals surface area contributed by atoms with Crippen LogP contribution in [0.1, 0.15) is 18.1 Å². The lowest BCUT2D eigenvalue weighted by Gasteiger charge is -2.16. The van der Waals surface area contributed by atoms with Crippen molar-refractivity contribution >= 4 is 40.7 Å². The van der Waals surface area contributed by atoms with Crippen LogP contribution in [-0.2, 0) is 11.2 Å². The minimum absolute atomic E-state index is 0.0324. The number of ether oxygens (including phenoxy) is 1. The lowest BCUT2D eigenvalue weighted by atomic mass is 9.98. The average molecular weight is 483 g/mol. The first kappa shape index (κ1) is 23.2. The van der Waals surface area contributed by atoms with Gasteiger partial charge in [-0.15, -0.1) is 0 Å². The largest absolute Gasteiger partial charge is 0.507 e. The highest BCUT2D eigenvalue weighted by molar-refractivity contribution is 6.36. The van der Waals surface area contributed by atoms with Crippen molar-refractivity contribution in [2.24, 2.45) is 0 Å². The zero-order valence-electron chi connectivity index (χ0n) is 16.7. The smallest absolute Gasteiger partial charge is 0.260 e. The molecule has 0 aliphatic rings. The second kappa shape index (κ2) is 9.77. The highest BCUT2D eigenvalue weighted by Gasteiger charge is 2.16. The van der Waals surface area contributed by atoms with Gasteiger partial charge in [0.25, 0.3) is 5.91 Å². The Kier molecular flexibility index (Phi) is 7.31. The van der Waals surface area contributed by atoms with Gasteiger partial charge < -0.3 is 15.2 Å². The topological polar surface area (TPSA) is 58.6 Å². The molecule has 3 rings (SSSR count). The second-order valence-corrected chi connectivity index (χ2v) is 8.12. The van der Waals surface area contributed by atoms with Gasteiger partial charge in [-0.25, -0.2) is 4.39 Å². The number of amides is 1. The highest BCUT2D eigenvalue weighted by atomic mass is 35.5. The summed E-state index contributed by atoms with van der Waals surface area (Å²) in [6, 6.07) is 12.5. The van der Waals surface area contributed by atoms with Crippen LogP contribution in [-0.4, -0.2) is 24.2 Å². The van der Waals surface area contributed by atoms with Crippen LogP contribution in [0.3, 0.4) is 0 Å². The molecule has 0 bridgehead atoms. The highest BCUT2D eigenvalue weighted by Crippen LogP contribution is 2.36. The molecule has 31 heavy (non-hydrogen) atoms. The summed E-state index contributed by atoms with van der Waals surface area (Å²) in [5.74, 6) is -0.390. The molecule has 3 aromatic carbocycles. The first-order valence-corrected chi connectivity index (χ1v) is 10.5. The van der Waals surface area contributed by atoms with E-state index in [-0.39, 0.29) is 16.7 Å². The zero-order chi connectivity index (χ0) is 22.7. The minimum atomic E-state index is -0.704. The average Bonchev–Trinajstić information content (AvgIpc) is 2.73. The van der Waals surface area contributed by atoms with Crippen LogP contribution >= 0.6 is 34.8 Å². The van der Waals surface area contributed by atoms with E-state index in [2.05, 4.69) is 5.32 Å². The number of nitrogens with one attached hydrogen (secondary N) is 1. The Morgan fingerprint density at radius 2 is 1.74 bits per heavy atom. The van der Waals surface area contributed by atoms with Crippen LogP contribution < -0.4 is 10.1 Å². The Labute approximate surface area is 194 Å². The van der Waals surface area contributed by atoms with Crippen LogP contribution in [0.2, 0.25) is 15.1 Å². The number of carbonyl (C=O) groups is 1. The fourth-order valence-corrected chi connectivity index (χ4v) is 3.85. The molecule has 0 saturated heterocycles. The molecular formula is C23H19Cl3FNO3. The van der Waals surface area contributed by atoms with Crippen molar-refractivity contribution in [1.29, 1.82) is 0 Å². The van der Waals surface area contributed by atoms with E-state index >= 15 is 0 Å². The van der Waals surface area contributed by atoms with Gasteiger partial charge in [0.2, 0.25) is 0 Å². The Balaban J connectivity index is 1.89. The fraction of sp³-hybridized carbons (Fsp3) is 0.174. The predicted octanol–water partition coefficient (Wildman–Crippen LogP) is 6.26. The van der Waals surface area contributed by atoms with E-state index in [4.69, 9.17) is 39.5 Å². The van der Waals surface area contributed by atoms with Gasteiger partial charge in [0, 0.05) is 29.1 Å². The van der Waals surface area contributed by atoms with Crippen LogP contribution in [0.25, 0.3) is 11.1 Å². The van der Waals surface area contributed by atoms with Gasteiger partial charge in [0.05, 0.1) is 5.02 Å². The molecule has 0 heterocycles. The molecule has 0 aromatic heterocycles. The van der Waals surface area contributed by atoms with Crippen molar-refractivity contribution in [1.82, 2.24) is 5.32 Å². The Morgan fingerprint density at radius 1 is 1.06 bits per heavy atom. The molecule has 1 amide bonds. The standard InChI is InChI=1S/C23H19Cl3FNO3/c1-12(23(30)28-2)31-15-10-18(24)17(19(25)11-15)8-13-3-6-22(29)16(7-13)14-4-5-21(27)20(26)9-14/h3-7,9-12,29H,8H2,1-2H3,(H,28,30)/t12-/m0/s1. The molecule has 0 radical (unpaired) electrons. The van der Waals surface area contributed by atoms with Crippen LogP contribution in [0.15, 0.2) is 48.5 Å². The van der Waals surface area contributed by atoms with Crippen molar-refractivity contribution in [3.8, 4) is 22.6 Å². The molecule has 162 valence electrons. The number of aromatic hydroxyl groups is 1. The monoisotopic (exact) mass is 481 g/mol.